The minimum absolute atomic E-state index is 0.823. The van der Waals surface area contributed by atoms with E-state index in [9.17, 15) is 0 Å². The number of fused-ring (bicyclic) bond motifs is 14. The summed E-state index contributed by atoms with van der Waals surface area (Å²) < 4.78 is 9.63. The Hall–Kier alpha value is -8.22. The SMILES string of the molecule is C1=Cc2c(n(-c3ccccc3)c3ccc4c(c5ccccc5n4-c4cccc(-c5cccc(-n6c7ccccc7c7c8c9c(n(-c%10ccccc%10)c8ccc76)CCC=C9)n5)n4)c23)CC1. The van der Waals surface area contributed by atoms with Crippen molar-refractivity contribution >= 4 is 77.6 Å². The van der Waals surface area contributed by atoms with Gasteiger partial charge in [0.1, 0.15) is 11.6 Å². The number of pyridine rings is 2. The van der Waals surface area contributed by atoms with E-state index in [2.05, 4.69) is 212 Å². The van der Waals surface area contributed by atoms with Crippen molar-refractivity contribution in [1.29, 1.82) is 0 Å². The lowest BCUT2D eigenvalue weighted by atomic mass is 9.99. The smallest absolute Gasteiger partial charge is 0.138 e. The fraction of sp³-hybridized carbons (Fsp3) is 0.0690. The number of para-hydroxylation sites is 4. The topological polar surface area (TPSA) is 45.5 Å². The van der Waals surface area contributed by atoms with E-state index in [1.807, 2.05) is 0 Å². The summed E-state index contributed by atoms with van der Waals surface area (Å²) in [4.78, 5) is 10.9. The van der Waals surface area contributed by atoms with E-state index in [0.717, 1.165) is 70.8 Å². The predicted octanol–water partition coefficient (Wildman–Crippen LogP) is 14.1. The quantitative estimate of drug-likeness (QED) is 0.174. The number of benzene rings is 6. The van der Waals surface area contributed by atoms with Crippen LogP contribution in [0, 0.1) is 0 Å². The maximum atomic E-state index is 5.44. The van der Waals surface area contributed by atoms with Gasteiger partial charge in [0.25, 0.3) is 0 Å². The number of hydrogen-bond acceptors (Lipinski definition) is 2. The molecule has 6 aromatic carbocycles. The molecule has 302 valence electrons. The Morgan fingerprint density at radius 1 is 0.328 bits per heavy atom. The highest BCUT2D eigenvalue weighted by Gasteiger charge is 2.26. The highest BCUT2D eigenvalue weighted by molar-refractivity contribution is 6.25. The van der Waals surface area contributed by atoms with Gasteiger partial charge in [-0.2, -0.15) is 0 Å². The maximum absolute atomic E-state index is 5.44. The third-order valence-electron chi connectivity index (χ3n) is 13.7. The molecule has 6 nitrogen and oxygen atoms in total. The number of rotatable bonds is 5. The van der Waals surface area contributed by atoms with Gasteiger partial charge in [-0.25, -0.2) is 9.97 Å². The molecule has 0 N–H and O–H groups in total. The molecule has 2 aliphatic carbocycles. The molecule has 0 amide bonds. The molecule has 0 unspecified atom stereocenters. The largest absolute Gasteiger partial charge is 0.313 e. The second-order valence-corrected chi connectivity index (χ2v) is 17.1. The van der Waals surface area contributed by atoms with Gasteiger partial charge in [-0.15, -0.1) is 0 Å². The zero-order valence-electron chi connectivity index (χ0n) is 35.0. The van der Waals surface area contributed by atoms with E-state index in [4.69, 9.17) is 9.97 Å². The first kappa shape index (κ1) is 35.4. The summed E-state index contributed by atoms with van der Waals surface area (Å²) in [7, 11) is 0. The molecule has 14 rings (SSSR count). The predicted molar refractivity (Wildman–Crippen MR) is 265 cm³/mol. The van der Waals surface area contributed by atoms with Crippen molar-refractivity contribution in [2.24, 2.45) is 0 Å². The number of aromatic nitrogens is 6. The van der Waals surface area contributed by atoms with Crippen molar-refractivity contribution in [2.75, 3.05) is 0 Å². The van der Waals surface area contributed by atoms with Crippen LogP contribution in [0.15, 0.2) is 182 Å². The van der Waals surface area contributed by atoms with Gasteiger partial charge in [0.15, 0.2) is 0 Å². The highest BCUT2D eigenvalue weighted by Crippen LogP contribution is 2.45. The van der Waals surface area contributed by atoms with E-state index >= 15 is 0 Å². The van der Waals surface area contributed by atoms with Crippen LogP contribution in [0.4, 0.5) is 0 Å². The second-order valence-electron chi connectivity index (χ2n) is 17.1. The van der Waals surface area contributed by atoms with Crippen LogP contribution in [0.5, 0.6) is 0 Å². The fourth-order valence-corrected chi connectivity index (χ4v) is 11.2. The van der Waals surface area contributed by atoms with Crippen molar-refractivity contribution in [2.45, 2.75) is 25.7 Å². The van der Waals surface area contributed by atoms with Crippen molar-refractivity contribution in [3.05, 3.63) is 205 Å². The number of nitrogens with zero attached hydrogens (tertiary/aromatic N) is 6. The Labute approximate surface area is 368 Å². The molecule has 0 spiro atoms. The standard InChI is InChI=1S/C58H40N6/c1-3-17-37(18-4-1)61-45-27-11-7-21-39(45)55-49(61)33-35-51-57(55)41-23-9-13-29-47(41)63(51)53-31-15-25-43(59-53)44-26-16-32-54(60-44)64-48-30-14-10-24-42(48)58-52(64)36-34-50-56(58)40-22-8-12-28-46(40)62(50)38-19-5-2-6-20-38/h1-10,13-26,29-36H,11-12,27-28H2. The summed E-state index contributed by atoms with van der Waals surface area (Å²) in [6.45, 7) is 0. The van der Waals surface area contributed by atoms with E-state index in [-0.39, 0.29) is 0 Å². The van der Waals surface area contributed by atoms with Crippen LogP contribution in [0.3, 0.4) is 0 Å². The van der Waals surface area contributed by atoms with Gasteiger partial charge in [0.05, 0.1) is 44.5 Å². The number of hydrogen-bond donors (Lipinski definition) is 0. The molecule has 0 radical (unpaired) electrons. The molecule has 0 saturated heterocycles. The summed E-state index contributed by atoms with van der Waals surface area (Å²) in [6, 6.07) is 61.0. The normalized spacial score (nSPS) is 13.6. The van der Waals surface area contributed by atoms with Crippen molar-refractivity contribution in [1.82, 2.24) is 28.2 Å². The van der Waals surface area contributed by atoms with Gasteiger partial charge in [-0.3, -0.25) is 9.13 Å². The summed E-state index contributed by atoms with van der Waals surface area (Å²) >= 11 is 0. The van der Waals surface area contributed by atoms with Crippen LogP contribution >= 0.6 is 0 Å². The van der Waals surface area contributed by atoms with Crippen molar-refractivity contribution < 1.29 is 0 Å². The molecule has 6 heteroatoms. The Kier molecular flexibility index (Phi) is 7.54. The zero-order valence-corrected chi connectivity index (χ0v) is 35.0. The summed E-state index contributed by atoms with van der Waals surface area (Å²) in [5, 5.41) is 7.55. The van der Waals surface area contributed by atoms with Crippen LogP contribution in [-0.2, 0) is 12.8 Å². The highest BCUT2D eigenvalue weighted by atomic mass is 15.1. The van der Waals surface area contributed by atoms with Crippen molar-refractivity contribution in [3.63, 3.8) is 0 Å². The van der Waals surface area contributed by atoms with Gasteiger partial charge in [0, 0.05) is 66.2 Å². The van der Waals surface area contributed by atoms with Gasteiger partial charge >= 0.3 is 0 Å². The molecule has 0 fully saturated rings. The van der Waals surface area contributed by atoms with Crippen LogP contribution < -0.4 is 0 Å². The third-order valence-corrected chi connectivity index (χ3v) is 13.7. The Balaban J connectivity index is 0.949. The summed E-state index contributed by atoms with van der Waals surface area (Å²) in [5.74, 6) is 1.73. The molecule has 6 aromatic heterocycles. The summed E-state index contributed by atoms with van der Waals surface area (Å²) in [5.41, 5.74) is 16.4. The second kappa shape index (κ2) is 13.6. The van der Waals surface area contributed by atoms with Gasteiger partial charge < -0.3 is 9.13 Å². The Morgan fingerprint density at radius 2 is 0.734 bits per heavy atom. The lowest BCUT2D eigenvalue weighted by molar-refractivity contribution is 0.888. The average molecular weight is 821 g/mol. The van der Waals surface area contributed by atoms with Crippen LogP contribution in [-0.4, -0.2) is 28.2 Å². The van der Waals surface area contributed by atoms with Gasteiger partial charge in [-0.05, 0) is 111 Å². The van der Waals surface area contributed by atoms with Gasteiger partial charge in [0.2, 0.25) is 0 Å². The molecule has 0 saturated carbocycles. The minimum Gasteiger partial charge on any atom is -0.313 e. The fourth-order valence-electron chi connectivity index (χ4n) is 11.2. The molecule has 0 bridgehead atoms. The van der Waals surface area contributed by atoms with Crippen LogP contribution in [0.1, 0.15) is 35.4 Å². The lowest BCUT2D eigenvalue weighted by Crippen LogP contribution is -2.02. The van der Waals surface area contributed by atoms with E-state index < -0.39 is 0 Å². The van der Waals surface area contributed by atoms with Crippen molar-refractivity contribution in [3.8, 4) is 34.4 Å². The Bertz CT molecular complexity index is 3690. The molecule has 0 aliphatic heterocycles. The molecular formula is C58H40N6. The monoisotopic (exact) mass is 820 g/mol. The number of allylic oxidation sites excluding steroid dienone is 2. The van der Waals surface area contributed by atoms with Crippen LogP contribution in [0.2, 0.25) is 0 Å². The molecule has 6 heterocycles. The molecule has 2 aliphatic rings. The van der Waals surface area contributed by atoms with E-state index in [0.29, 0.717) is 0 Å². The van der Waals surface area contributed by atoms with E-state index in [1.54, 1.807) is 0 Å². The Morgan fingerprint density at radius 3 is 1.19 bits per heavy atom. The van der Waals surface area contributed by atoms with Crippen LogP contribution in [0.25, 0.3) is 112 Å². The zero-order chi connectivity index (χ0) is 41.9. The lowest BCUT2D eigenvalue weighted by Gasteiger charge is -2.13. The van der Waals surface area contributed by atoms with Gasteiger partial charge in [-0.1, -0.05) is 109 Å². The maximum Gasteiger partial charge on any atom is 0.138 e. The molecule has 12 aromatic rings. The van der Waals surface area contributed by atoms with E-state index in [1.165, 1.54) is 77.2 Å². The average Bonchev–Trinajstić information content (AvgIpc) is 4.09. The molecule has 0 atom stereocenters. The first-order valence-corrected chi connectivity index (χ1v) is 22.4. The molecule has 64 heavy (non-hydrogen) atoms. The minimum atomic E-state index is 0.823. The molecular weight excluding hydrogens is 781 g/mol. The summed E-state index contributed by atoms with van der Waals surface area (Å²) in [6.07, 6.45) is 13.4. The first-order valence-electron chi connectivity index (χ1n) is 22.4. The third kappa shape index (κ3) is 4.96. The first-order chi connectivity index (χ1) is 31.8.